The van der Waals surface area contributed by atoms with Crippen LogP contribution in [-0.2, 0) is 17.8 Å². The second-order valence-electron chi connectivity index (χ2n) is 6.93. The third-order valence-electron chi connectivity index (χ3n) is 4.95. The summed E-state index contributed by atoms with van der Waals surface area (Å²) in [4.78, 5) is 45.4. The number of carbonyl (C=O) groups excluding carboxylic acids is 3. The van der Waals surface area contributed by atoms with Crippen molar-refractivity contribution in [3.05, 3.63) is 17.7 Å². The molecule has 4 amide bonds. The normalized spacial score (nSPS) is 18.3. The summed E-state index contributed by atoms with van der Waals surface area (Å²) >= 11 is 0. The highest BCUT2D eigenvalue weighted by atomic mass is 16.3. The van der Waals surface area contributed by atoms with Crippen molar-refractivity contribution in [1.29, 1.82) is 0 Å². The van der Waals surface area contributed by atoms with E-state index in [9.17, 15) is 19.5 Å². The number of carbonyl (C=O) groups is 3. The van der Waals surface area contributed by atoms with E-state index in [1.54, 1.807) is 27.9 Å². The largest absolute Gasteiger partial charge is 0.384 e. The second-order valence-corrected chi connectivity index (χ2v) is 6.93. The minimum Gasteiger partial charge on any atom is -0.384 e. The molecule has 0 saturated carbocycles. The number of amides is 4. The van der Waals surface area contributed by atoms with E-state index in [0.29, 0.717) is 57.9 Å². The van der Waals surface area contributed by atoms with Gasteiger partial charge in [-0.1, -0.05) is 0 Å². The highest BCUT2D eigenvalue weighted by molar-refractivity contribution is 5.92. The number of aromatic nitrogens is 2. The van der Waals surface area contributed by atoms with Crippen LogP contribution in [0.4, 0.5) is 4.79 Å². The average molecular weight is 378 g/mol. The zero-order valence-electron chi connectivity index (χ0n) is 15.7. The molecule has 1 fully saturated rings. The Hall–Kier alpha value is -2.62. The van der Waals surface area contributed by atoms with Crippen molar-refractivity contribution in [1.82, 2.24) is 29.6 Å². The van der Waals surface area contributed by atoms with Gasteiger partial charge >= 0.3 is 6.03 Å². The molecule has 2 aliphatic rings. The average Bonchev–Trinajstić information content (AvgIpc) is 3.12. The minimum absolute atomic E-state index is 0.0192. The standard InChI is InChI=1S/C17H26N6O4/c1-12(24)16(26)21-5-3-14-19-13(11-23(14)10-9-21)15(25)18-4-6-22-8-7-20(2)17(22)27/h11-12,24H,3-10H2,1-2H3,(H,18,25)/t12-/m0/s1. The number of imidazole rings is 1. The summed E-state index contributed by atoms with van der Waals surface area (Å²) < 4.78 is 1.88. The summed E-state index contributed by atoms with van der Waals surface area (Å²) in [5.74, 6) is 0.186. The number of fused-ring (bicyclic) bond motifs is 1. The number of rotatable bonds is 5. The first-order chi connectivity index (χ1) is 12.9. The van der Waals surface area contributed by atoms with Crippen molar-refractivity contribution in [3.8, 4) is 0 Å². The van der Waals surface area contributed by atoms with Crippen LogP contribution in [0.25, 0.3) is 0 Å². The van der Waals surface area contributed by atoms with Crippen molar-refractivity contribution in [2.45, 2.75) is 26.0 Å². The van der Waals surface area contributed by atoms with Crippen LogP contribution in [0.5, 0.6) is 0 Å². The number of likely N-dealkylation sites (N-methyl/N-ethyl adjacent to an activating group) is 1. The topological polar surface area (TPSA) is 111 Å². The van der Waals surface area contributed by atoms with Crippen molar-refractivity contribution in [3.63, 3.8) is 0 Å². The number of hydrogen-bond donors (Lipinski definition) is 2. The molecule has 1 saturated heterocycles. The van der Waals surface area contributed by atoms with Crippen molar-refractivity contribution in [2.24, 2.45) is 0 Å². The summed E-state index contributed by atoms with van der Waals surface area (Å²) in [6.45, 7) is 5.15. The van der Waals surface area contributed by atoms with Crippen LogP contribution in [0.1, 0.15) is 23.2 Å². The lowest BCUT2D eigenvalue weighted by Crippen LogP contribution is -2.39. The molecule has 0 radical (unpaired) electrons. The van der Waals surface area contributed by atoms with E-state index in [0.717, 1.165) is 5.82 Å². The summed E-state index contributed by atoms with van der Waals surface area (Å²) in [6.07, 6.45) is 1.20. The number of hydrogen-bond acceptors (Lipinski definition) is 5. The van der Waals surface area contributed by atoms with Gasteiger partial charge in [0.25, 0.3) is 11.8 Å². The van der Waals surface area contributed by atoms with Crippen LogP contribution < -0.4 is 5.32 Å². The molecule has 10 heteroatoms. The van der Waals surface area contributed by atoms with Gasteiger partial charge in [0.15, 0.2) is 0 Å². The van der Waals surface area contributed by atoms with Gasteiger partial charge in [0.05, 0.1) is 0 Å². The van der Waals surface area contributed by atoms with Gasteiger partial charge in [0, 0.05) is 65.5 Å². The maximum absolute atomic E-state index is 12.3. The van der Waals surface area contributed by atoms with Gasteiger partial charge in [-0.2, -0.15) is 0 Å². The fourth-order valence-corrected chi connectivity index (χ4v) is 3.32. The van der Waals surface area contributed by atoms with Crippen LogP contribution in [-0.4, -0.2) is 99.6 Å². The SMILES string of the molecule is C[C@H](O)C(=O)N1CCc2nc(C(=O)NCCN3CCN(C)C3=O)cn2CC1. The van der Waals surface area contributed by atoms with E-state index in [2.05, 4.69) is 10.3 Å². The molecular formula is C17H26N6O4. The fourth-order valence-electron chi connectivity index (χ4n) is 3.32. The maximum atomic E-state index is 12.3. The van der Waals surface area contributed by atoms with Crippen LogP contribution >= 0.6 is 0 Å². The molecule has 1 atom stereocenters. The Morgan fingerprint density at radius 3 is 2.70 bits per heavy atom. The van der Waals surface area contributed by atoms with Gasteiger partial charge in [-0.25, -0.2) is 9.78 Å². The molecule has 0 bridgehead atoms. The van der Waals surface area contributed by atoms with E-state index < -0.39 is 6.10 Å². The number of aliphatic hydroxyl groups is 1. The first-order valence-corrected chi connectivity index (χ1v) is 9.18. The first kappa shape index (κ1) is 19.2. The molecule has 1 aromatic rings. The molecule has 148 valence electrons. The number of aliphatic hydroxyl groups excluding tert-OH is 1. The number of nitrogens with one attached hydrogen (secondary N) is 1. The van der Waals surface area contributed by atoms with E-state index >= 15 is 0 Å². The van der Waals surface area contributed by atoms with Gasteiger partial charge in [-0.15, -0.1) is 0 Å². The van der Waals surface area contributed by atoms with E-state index in [-0.39, 0.29) is 17.8 Å². The van der Waals surface area contributed by atoms with Crippen molar-refractivity contribution >= 4 is 17.8 Å². The Morgan fingerprint density at radius 1 is 1.26 bits per heavy atom. The maximum Gasteiger partial charge on any atom is 0.319 e. The lowest BCUT2D eigenvalue weighted by atomic mass is 10.3. The smallest absolute Gasteiger partial charge is 0.319 e. The molecular weight excluding hydrogens is 352 g/mol. The molecule has 1 aromatic heterocycles. The van der Waals surface area contributed by atoms with Gasteiger partial charge < -0.3 is 29.7 Å². The number of nitrogens with zero attached hydrogens (tertiary/aromatic N) is 5. The summed E-state index contributed by atoms with van der Waals surface area (Å²) in [7, 11) is 1.76. The molecule has 10 nitrogen and oxygen atoms in total. The number of urea groups is 1. The summed E-state index contributed by atoms with van der Waals surface area (Å²) in [6, 6.07) is -0.0192. The summed E-state index contributed by atoms with van der Waals surface area (Å²) in [5.41, 5.74) is 0.338. The van der Waals surface area contributed by atoms with Gasteiger partial charge in [-0.05, 0) is 6.92 Å². The van der Waals surface area contributed by atoms with Gasteiger partial charge in [-0.3, -0.25) is 9.59 Å². The Kier molecular flexibility index (Phi) is 5.64. The first-order valence-electron chi connectivity index (χ1n) is 9.18. The predicted molar refractivity (Wildman–Crippen MR) is 96.1 cm³/mol. The van der Waals surface area contributed by atoms with E-state index in [4.69, 9.17) is 0 Å². The molecule has 3 heterocycles. The van der Waals surface area contributed by atoms with Crippen LogP contribution in [0.15, 0.2) is 6.20 Å². The Labute approximate surface area is 157 Å². The molecule has 27 heavy (non-hydrogen) atoms. The monoisotopic (exact) mass is 378 g/mol. The lowest BCUT2D eigenvalue weighted by molar-refractivity contribution is -0.139. The van der Waals surface area contributed by atoms with Crippen LogP contribution in [0.2, 0.25) is 0 Å². The minimum atomic E-state index is -1.01. The molecule has 2 N–H and O–H groups in total. The molecule has 0 spiro atoms. The molecule has 3 rings (SSSR count). The Bertz CT molecular complexity index is 706. The van der Waals surface area contributed by atoms with Crippen LogP contribution in [0.3, 0.4) is 0 Å². The molecule has 0 unspecified atom stereocenters. The van der Waals surface area contributed by atoms with Crippen LogP contribution in [0, 0.1) is 0 Å². The molecule has 0 aliphatic carbocycles. The third kappa shape index (κ3) is 4.21. The fraction of sp³-hybridized carbons (Fsp3) is 0.647. The third-order valence-corrected chi connectivity index (χ3v) is 4.95. The predicted octanol–water partition coefficient (Wildman–Crippen LogP) is -1.25. The quantitative estimate of drug-likeness (QED) is 0.665. The highest BCUT2D eigenvalue weighted by Gasteiger charge is 2.26. The second kappa shape index (κ2) is 7.95. The van der Waals surface area contributed by atoms with Gasteiger partial charge in [0.2, 0.25) is 0 Å². The van der Waals surface area contributed by atoms with Gasteiger partial charge in [0.1, 0.15) is 17.6 Å². The zero-order chi connectivity index (χ0) is 19.6. The molecule has 0 aromatic carbocycles. The zero-order valence-corrected chi connectivity index (χ0v) is 15.7. The lowest BCUT2D eigenvalue weighted by Gasteiger charge is -2.21. The van der Waals surface area contributed by atoms with E-state index in [1.165, 1.54) is 6.92 Å². The Balaban J connectivity index is 1.51. The Morgan fingerprint density at radius 2 is 2.04 bits per heavy atom. The van der Waals surface area contributed by atoms with Crippen molar-refractivity contribution < 1.29 is 19.5 Å². The van der Waals surface area contributed by atoms with E-state index in [1.807, 2.05) is 4.57 Å². The molecule has 2 aliphatic heterocycles. The summed E-state index contributed by atoms with van der Waals surface area (Å²) in [5, 5.41) is 12.3. The van der Waals surface area contributed by atoms with Crippen molar-refractivity contribution in [2.75, 3.05) is 46.3 Å². The highest BCUT2D eigenvalue weighted by Crippen LogP contribution is 2.11.